The van der Waals surface area contributed by atoms with E-state index in [9.17, 15) is 18.0 Å². The minimum Gasteiger partial charge on any atom is -0.497 e. The molecule has 0 radical (unpaired) electrons. The summed E-state index contributed by atoms with van der Waals surface area (Å²) in [4.78, 5) is 26.3. The van der Waals surface area contributed by atoms with Crippen molar-refractivity contribution >= 4 is 33.2 Å². The maximum atomic E-state index is 13.9. The summed E-state index contributed by atoms with van der Waals surface area (Å²) in [5.74, 6) is -0.406. The number of sulfonamides is 1. The molecule has 0 bridgehead atoms. The highest BCUT2D eigenvalue weighted by atomic mass is 32.2. The summed E-state index contributed by atoms with van der Waals surface area (Å²) >= 11 is 0. The Kier molecular flexibility index (Phi) is 9.28. The summed E-state index contributed by atoms with van der Waals surface area (Å²) in [6.07, 6.45) is 1.79. The lowest BCUT2D eigenvalue weighted by Gasteiger charge is -2.26. The van der Waals surface area contributed by atoms with Gasteiger partial charge in [0.05, 0.1) is 42.2 Å². The zero-order chi connectivity index (χ0) is 28.7. The molecule has 2 N–H and O–H groups in total. The van der Waals surface area contributed by atoms with Crippen LogP contribution in [-0.4, -0.2) is 60.3 Å². The lowest BCUT2D eigenvalue weighted by Crippen LogP contribution is -2.39. The van der Waals surface area contributed by atoms with E-state index in [-0.39, 0.29) is 39.6 Å². The second-order valence-electron chi connectivity index (χ2n) is 9.30. The van der Waals surface area contributed by atoms with E-state index in [1.165, 1.54) is 32.4 Å². The zero-order valence-corrected chi connectivity index (χ0v) is 23.5. The molecule has 3 aromatic rings. The Morgan fingerprint density at radius 3 is 2.45 bits per heavy atom. The maximum Gasteiger partial charge on any atom is 0.264 e. The Morgan fingerprint density at radius 1 is 1.02 bits per heavy atom. The number of para-hydroxylation sites is 1. The average molecular weight is 568 g/mol. The number of benzene rings is 3. The molecule has 1 aliphatic rings. The molecule has 2 amide bonds. The van der Waals surface area contributed by atoms with Crippen LogP contribution in [0.15, 0.2) is 71.6 Å². The van der Waals surface area contributed by atoms with E-state index in [4.69, 9.17) is 14.2 Å². The highest BCUT2D eigenvalue weighted by Gasteiger charge is 2.30. The summed E-state index contributed by atoms with van der Waals surface area (Å²) in [7, 11) is -1.35. The Labute approximate surface area is 234 Å². The smallest absolute Gasteiger partial charge is 0.264 e. The minimum atomic E-state index is -4.22. The summed E-state index contributed by atoms with van der Waals surface area (Å²) in [5.41, 5.74) is 1.51. The van der Waals surface area contributed by atoms with Crippen molar-refractivity contribution in [3.63, 3.8) is 0 Å². The maximum absolute atomic E-state index is 13.9. The average Bonchev–Trinajstić information content (AvgIpc) is 3.48. The number of aryl methyl sites for hydroxylation is 1. The fourth-order valence-corrected chi connectivity index (χ4v) is 5.77. The van der Waals surface area contributed by atoms with Crippen LogP contribution in [-0.2, 0) is 19.6 Å². The molecule has 4 rings (SSSR count). The van der Waals surface area contributed by atoms with Gasteiger partial charge in [0.2, 0.25) is 5.91 Å². The van der Waals surface area contributed by atoms with Crippen LogP contribution in [0.3, 0.4) is 0 Å². The monoisotopic (exact) mass is 567 g/mol. The summed E-state index contributed by atoms with van der Waals surface area (Å²) in [5, 5.41) is 5.56. The van der Waals surface area contributed by atoms with Gasteiger partial charge in [0, 0.05) is 19.2 Å². The van der Waals surface area contributed by atoms with Gasteiger partial charge in [0.15, 0.2) is 0 Å². The first-order valence-electron chi connectivity index (χ1n) is 12.8. The summed E-state index contributed by atoms with van der Waals surface area (Å²) in [6.45, 7) is 2.29. The second kappa shape index (κ2) is 12.8. The lowest BCUT2D eigenvalue weighted by atomic mass is 10.1. The fraction of sp³-hybridized carbons (Fsp3) is 0.310. The van der Waals surface area contributed by atoms with E-state index >= 15 is 0 Å². The van der Waals surface area contributed by atoms with Gasteiger partial charge in [0.25, 0.3) is 15.9 Å². The summed E-state index contributed by atoms with van der Waals surface area (Å²) < 4.78 is 45.0. The van der Waals surface area contributed by atoms with Gasteiger partial charge in [-0.1, -0.05) is 29.8 Å². The first-order chi connectivity index (χ1) is 19.2. The van der Waals surface area contributed by atoms with Crippen molar-refractivity contribution < 1.29 is 32.2 Å². The number of nitrogens with zero attached hydrogens (tertiary/aromatic N) is 1. The predicted octanol–water partition coefficient (Wildman–Crippen LogP) is 3.76. The molecule has 1 atom stereocenters. The lowest BCUT2D eigenvalue weighted by molar-refractivity contribution is -0.114. The van der Waals surface area contributed by atoms with Crippen LogP contribution >= 0.6 is 0 Å². The van der Waals surface area contributed by atoms with Gasteiger partial charge in [-0.3, -0.25) is 13.9 Å². The topological polar surface area (TPSA) is 123 Å². The Balaban J connectivity index is 1.63. The molecule has 212 valence electrons. The van der Waals surface area contributed by atoms with Crippen molar-refractivity contribution in [1.82, 2.24) is 5.32 Å². The van der Waals surface area contributed by atoms with Crippen molar-refractivity contribution in [2.75, 3.05) is 43.5 Å². The van der Waals surface area contributed by atoms with Crippen LogP contribution in [0.4, 0.5) is 11.4 Å². The van der Waals surface area contributed by atoms with Crippen molar-refractivity contribution in [3.05, 3.63) is 77.9 Å². The van der Waals surface area contributed by atoms with E-state index in [0.29, 0.717) is 18.9 Å². The molecule has 11 heteroatoms. The Bertz CT molecular complexity index is 1450. The highest BCUT2D eigenvalue weighted by Crippen LogP contribution is 2.35. The number of ether oxygens (including phenoxy) is 3. The third kappa shape index (κ3) is 6.72. The van der Waals surface area contributed by atoms with E-state index in [1.54, 1.807) is 48.5 Å². The molecule has 1 aliphatic heterocycles. The highest BCUT2D eigenvalue weighted by molar-refractivity contribution is 7.92. The number of hydrogen-bond donors (Lipinski definition) is 2. The molecule has 0 spiro atoms. The van der Waals surface area contributed by atoms with Gasteiger partial charge in [-0.25, -0.2) is 8.42 Å². The molecule has 3 aromatic carbocycles. The Morgan fingerprint density at radius 2 is 1.77 bits per heavy atom. The molecule has 0 saturated carbocycles. The summed E-state index contributed by atoms with van der Waals surface area (Å²) in [6, 6.07) is 17.6. The molecule has 1 saturated heterocycles. The van der Waals surface area contributed by atoms with E-state index in [2.05, 4.69) is 10.6 Å². The van der Waals surface area contributed by atoms with Crippen molar-refractivity contribution in [1.29, 1.82) is 0 Å². The normalized spacial score (nSPS) is 14.8. The minimum absolute atomic E-state index is 0.00434. The molecule has 0 aromatic heterocycles. The van der Waals surface area contributed by atoms with Crippen LogP contribution in [0.25, 0.3) is 0 Å². The molecule has 1 heterocycles. The molecule has 0 aliphatic carbocycles. The van der Waals surface area contributed by atoms with E-state index in [1.807, 2.05) is 6.92 Å². The first-order valence-corrected chi connectivity index (χ1v) is 14.3. The van der Waals surface area contributed by atoms with E-state index < -0.39 is 22.5 Å². The van der Waals surface area contributed by atoms with Crippen molar-refractivity contribution in [3.8, 4) is 11.5 Å². The quantitative estimate of drug-likeness (QED) is 0.362. The molecule has 10 nitrogen and oxygen atoms in total. The Hall–Kier alpha value is -4.09. The molecular weight excluding hydrogens is 534 g/mol. The van der Waals surface area contributed by atoms with Gasteiger partial charge in [-0.05, 0) is 56.2 Å². The molecular formula is C29H33N3O7S. The van der Waals surface area contributed by atoms with Crippen LogP contribution in [0.2, 0.25) is 0 Å². The second-order valence-corrected chi connectivity index (χ2v) is 11.2. The van der Waals surface area contributed by atoms with Crippen LogP contribution in [0, 0.1) is 6.92 Å². The molecule has 40 heavy (non-hydrogen) atoms. The number of carbonyl (C=O) groups excluding carboxylic acids is 2. The standard InChI is InChI=1S/C29H33N3O7S/c1-20-10-13-23(14-11-20)40(35,36)32(26-17-21(37-2)12-15-27(26)38-3)19-28(33)31-25-9-5-4-8-24(25)29(34)30-18-22-7-6-16-39-22/h4-5,8-15,17,22H,6-7,16,18-19H2,1-3H3,(H,30,34)(H,31,33)/t22-/m0/s1. The van der Waals surface area contributed by atoms with Gasteiger partial charge in [0.1, 0.15) is 18.0 Å². The fourth-order valence-electron chi connectivity index (χ4n) is 4.35. The van der Waals surface area contributed by atoms with Gasteiger partial charge in [-0.15, -0.1) is 0 Å². The number of rotatable bonds is 11. The van der Waals surface area contributed by atoms with Crippen molar-refractivity contribution in [2.45, 2.75) is 30.8 Å². The predicted molar refractivity (Wildman–Crippen MR) is 152 cm³/mol. The van der Waals surface area contributed by atoms with Crippen molar-refractivity contribution in [2.24, 2.45) is 0 Å². The van der Waals surface area contributed by atoms with Crippen LogP contribution in [0.5, 0.6) is 11.5 Å². The van der Waals surface area contributed by atoms with Gasteiger partial charge in [-0.2, -0.15) is 0 Å². The number of methoxy groups -OCH3 is 2. The SMILES string of the molecule is COc1ccc(OC)c(N(CC(=O)Nc2ccccc2C(=O)NC[C@@H]2CCCO2)S(=O)(=O)c2ccc(C)cc2)c1. The van der Waals surface area contributed by atoms with Gasteiger partial charge >= 0.3 is 0 Å². The number of hydrogen-bond acceptors (Lipinski definition) is 7. The first kappa shape index (κ1) is 28.9. The number of anilines is 2. The molecule has 1 fully saturated rings. The third-order valence-corrected chi connectivity index (χ3v) is 8.28. The number of carbonyl (C=O) groups is 2. The van der Waals surface area contributed by atoms with Crippen LogP contribution in [0.1, 0.15) is 28.8 Å². The zero-order valence-electron chi connectivity index (χ0n) is 22.7. The third-order valence-electron chi connectivity index (χ3n) is 6.51. The van der Waals surface area contributed by atoms with Crippen LogP contribution < -0.4 is 24.4 Å². The van der Waals surface area contributed by atoms with Gasteiger partial charge < -0.3 is 24.8 Å². The molecule has 0 unspecified atom stereocenters. The largest absolute Gasteiger partial charge is 0.497 e. The number of amides is 2. The number of nitrogens with one attached hydrogen (secondary N) is 2. The van der Waals surface area contributed by atoms with E-state index in [0.717, 1.165) is 22.7 Å².